The first-order valence-corrected chi connectivity index (χ1v) is 10.0. The monoisotopic (exact) mass is 427 g/mol. The Hall–Kier alpha value is -3.60. The molecule has 1 heterocycles. The predicted molar refractivity (Wildman–Crippen MR) is 114 cm³/mol. The molecule has 6 nitrogen and oxygen atoms in total. The van der Waals surface area contributed by atoms with Crippen molar-refractivity contribution in [3.63, 3.8) is 0 Å². The molecule has 31 heavy (non-hydrogen) atoms. The molecule has 0 atom stereocenters. The molecule has 3 rings (SSSR count). The lowest BCUT2D eigenvalue weighted by atomic mass is 10.1. The van der Waals surface area contributed by atoms with Crippen LogP contribution in [-0.2, 0) is 11.3 Å². The third-order valence-electron chi connectivity index (χ3n) is 4.83. The van der Waals surface area contributed by atoms with Gasteiger partial charge in [-0.25, -0.2) is 4.79 Å². The minimum absolute atomic E-state index is 0.0341. The van der Waals surface area contributed by atoms with Gasteiger partial charge in [0.25, 0.3) is 0 Å². The Balaban J connectivity index is 1.94. The van der Waals surface area contributed by atoms with Crippen LogP contribution >= 0.6 is 0 Å². The summed E-state index contributed by atoms with van der Waals surface area (Å²) in [7, 11) is 0. The number of benzene rings is 2. The van der Waals surface area contributed by atoms with Gasteiger partial charge in [-0.05, 0) is 43.2 Å². The van der Waals surface area contributed by atoms with Gasteiger partial charge in [0.1, 0.15) is 11.8 Å². The maximum absolute atomic E-state index is 12.6. The third-order valence-corrected chi connectivity index (χ3v) is 4.83. The first kappa shape index (κ1) is 22.1. The second-order valence-electron chi connectivity index (χ2n) is 6.83. The molecule has 162 valence electrons. The quantitative estimate of drug-likeness (QED) is 0.438. The lowest BCUT2D eigenvalue weighted by Gasteiger charge is -2.11. The standard InChI is InChI=1S/C23H23F2N3O3/c1-3-5-12-30-23(29)27-16-8-6-15(7-9-16)21-19(14-26)18-11-10-17(31-22(24)25)13-20(18)28(21)4-2/h6-11,13,22H,3-5,12H2,1-2H3,(H,27,29). The Morgan fingerprint density at radius 2 is 1.94 bits per heavy atom. The second-order valence-corrected chi connectivity index (χ2v) is 6.83. The van der Waals surface area contributed by atoms with E-state index in [-0.39, 0.29) is 5.75 Å². The topological polar surface area (TPSA) is 76.3 Å². The van der Waals surface area contributed by atoms with Crippen molar-refractivity contribution < 1.29 is 23.0 Å². The van der Waals surface area contributed by atoms with E-state index in [2.05, 4.69) is 16.1 Å². The molecule has 2 aromatic carbocycles. The predicted octanol–water partition coefficient (Wildman–Crippen LogP) is 6.15. The highest BCUT2D eigenvalue weighted by Crippen LogP contribution is 2.36. The Bertz CT molecular complexity index is 1100. The minimum atomic E-state index is -2.92. The summed E-state index contributed by atoms with van der Waals surface area (Å²) in [5.41, 5.74) is 3.08. The highest BCUT2D eigenvalue weighted by molar-refractivity contribution is 5.95. The zero-order valence-corrected chi connectivity index (χ0v) is 17.3. The van der Waals surface area contributed by atoms with Crippen LogP contribution in [0.4, 0.5) is 19.3 Å². The molecular formula is C23H23F2N3O3. The fraction of sp³-hybridized carbons (Fsp3) is 0.304. The number of hydrogen-bond acceptors (Lipinski definition) is 4. The van der Waals surface area contributed by atoms with Gasteiger partial charge in [0.2, 0.25) is 0 Å². The molecule has 0 aliphatic carbocycles. The van der Waals surface area contributed by atoms with Crippen LogP contribution < -0.4 is 10.1 Å². The Kier molecular flexibility index (Phi) is 7.08. The van der Waals surface area contributed by atoms with Gasteiger partial charge in [-0.1, -0.05) is 25.5 Å². The van der Waals surface area contributed by atoms with Gasteiger partial charge in [0.05, 0.1) is 23.4 Å². The molecule has 0 aliphatic rings. The van der Waals surface area contributed by atoms with Crippen molar-refractivity contribution in [1.29, 1.82) is 5.26 Å². The largest absolute Gasteiger partial charge is 0.449 e. The highest BCUT2D eigenvalue weighted by Gasteiger charge is 2.19. The number of hydrogen-bond donors (Lipinski definition) is 1. The molecule has 0 unspecified atom stereocenters. The van der Waals surface area contributed by atoms with Crippen LogP contribution in [0.2, 0.25) is 0 Å². The number of nitrogens with zero attached hydrogens (tertiary/aromatic N) is 2. The molecule has 0 aliphatic heterocycles. The van der Waals surface area contributed by atoms with Crippen LogP contribution in [-0.4, -0.2) is 23.9 Å². The lowest BCUT2D eigenvalue weighted by Crippen LogP contribution is -2.14. The van der Waals surface area contributed by atoms with E-state index < -0.39 is 12.7 Å². The average Bonchev–Trinajstić information content (AvgIpc) is 3.06. The van der Waals surface area contributed by atoms with Gasteiger partial charge in [0.15, 0.2) is 0 Å². The van der Waals surface area contributed by atoms with E-state index in [1.165, 1.54) is 12.1 Å². The number of nitrogens with one attached hydrogen (secondary N) is 1. The van der Waals surface area contributed by atoms with E-state index in [1.807, 2.05) is 18.4 Å². The number of fused-ring (bicyclic) bond motifs is 1. The van der Waals surface area contributed by atoms with Gasteiger partial charge in [-0.15, -0.1) is 0 Å². The number of ether oxygens (including phenoxy) is 2. The number of amides is 1. The van der Waals surface area contributed by atoms with Crippen molar-refractivity contribution in [2.75, 3.05) is 11.9 Å². The van der Waals surface area contributed by atoms with E-state index in [0.717, 1.165) is 18.4 Å². The summed E-state index contributed by atoms with van der Waals surface area (Å²) in [5, 5.41) is 13.1. The smallest absolute Gasteiger partial charge is 0.411 e. The number of aryl methyl sites for hydroxylation is 1. The first-order chi connectivity index (χ1) is 15.0. The number of aromatic nitrogens is 1. The van der Waals surface area contributed by atoms with Crippen molar-refractivity contribution in [3.05, 3.63) is 48.0 Å². The molecule has 1 amide bonds. The number of nitriles is 1. The lowest BCUT2D eigenvalue weighted by molar-refractivity contribution is -0.0497. The highest BCUT2D eigenvalue weighted by atomic mass is 19.3. The van der Waals surface area contributed by atoms with E-state index in [0.29, 0.717) is 41.0 Å². The summed E-state index contributed by atoms with van der Waals surface area (Å²) in [4.78, 5) is 11.8. The van der Waals surface area contributed by atoms with Crippen molar-refractivity contribution in [2.45, 2.75) is 39.8 Å². The molecule has 0 saturated carbocycles. The van der Waals surface area contributed by atoms with E-state index >= 15 is 0 Å². The molecule has 3 aromatic rings. The molecule has 0 saturated heterocycles. The van der Waals surface area contributed by atoms with Gasteiger partial charge in [-0.3, -0.25) is 5.32 Å². The molecule has 8 heteroatoms. The number of carbonyl (C=O) groups excluding carboxylic acids is 1. The molecule has 0 spiro atoms. The Morgan fingerprint density at radius 1 is 1.19 bits per heavy atom. The SMILES string of the molecule is CCCCOC(=O)Nc1ccc(-c2c(C#N)c3ccc(OC(F)F)cc3n2CC)cc1. The maximum atomic E-state index is 12.6. The van der Waals surface area contributed by atoms with Gasteiger partial charge >= 0.3 is 12.7 Å². The summed E-state index contributed by atoms with van der Waals surface area (Å²) in [6, 6.07) is 13.8. The van der Waals surface area contributed by atoms with E-state index in [4.69, 9.17) is 4.74 Å². The van der Waals surface area contributed by atoms with E-state index in [9.17, 15) is 18.8 Å². The second kappa shape index (κ2) is 9.94. The van der Waals surface area contributed by atoms with Gasteiger partial charge in [-0.2, -0.15) is 14.0 Å². The summed E-state index contributed by atoms with van der Waals surface area (Å²) >= 11 is 0. The van der Waals surface area contributed by atoms with Gasteiger partial charge < -0.3 is 14.0 Å². The van der Waals surface area contributed by atoms with Crippen molar-refractivity contribution in [3.8, 4) is 23.1 Å². The van der Waals surface area contributed by atoms with Crippen molar-refractivity contribution in [1.82, 2.24) is 4.57 Å². The van der Waals surface area contributed by atoms with Crippen LogP contribution in [0, 0.1) is 11.3 Å². The summed E-state index contributed by atoms with van der Waals surface area (Å²) in [5.74, 6) is 0.0341. The van der Waals surface area contributed by atoms with Crippen LogP contribution in [0.15, 0.2) is 42.5 Å². The molecular weight excluding hydrogens is 404 g/mol. The number of carbonyl (C=O) groups is 1. The van der Waals surface area contributed by atoms with E-state index in [1.54, 1.807) is 30.3 Å². The number of anilines is 1. The Labute approximate surface area is 179 Å². The van der Waals surface area contributed by atoms with Crippen molar-refractivity contribution >= 4 is 22.7 Å². The summed E-state index contributed by atoms with van der Waals surface area (Å²) in [6.45, 7) is 1.88. The minimum Gasteiger partial charge on any atom is -0.449 e. The molecule has 0 fully saturated rings. The van der Waals surface area contributed by atoms with Crippen molar-refractivity contribution in [2.24, 2.45) is 0 Å². The molecule has 1 aromatic heterocycles. The van der Waals surface area contributed by atoms with Crippen LogP contribution in [0.1, 0.15) is 32.3 Å². The number of unbranched alkanes of at least 4 members (excludes halogenated alkanes) is 1. The first-order valence-electron chi connectivity index (χ1n) is 10.0. The molecule has 0 radical (unpaired) electrons. The van der Waals surface area contributed by atoms with Crippen LogP contribution in [0.5, 0.6) is 5.75 Å². The molecule has 0 bridgehead atoms. The number of alkyl halides is 2. The van der Waals surface area contributed by atoms with Crippen LogP contribution in [0.3, 0.4) is 0 Å². The fourth-order valence-electron chi connectivity index (χ4n) is 3.42. The van der Waals surface area contributed by atoms with Crippen LogP contribution in [0.25, 0.3) is 22.2 Å². The fourth-order valence-corrected chi connectivity index (χ4v) is 3.42. The third kappa shape index (κ3) is 4.94. The summed E-state index contributed by atoms with van der Waals surface area (Å²) < 4.78 is 36.7. The average molecular weight is 427 g/mol. The molecule has 1 N–H and O–H groups in total. The Morgan fingerprint density at radius 3 is 2.55 bits per heavy atom. The number of rotatable bonds is 8. The van der Waals surface area contributed by atoms with Gasteiger partial charge in [0, 0.05) is 23.7 Å². The number of halogens is 2. The normalized spacial score (nSPS) is 10.8. The maximum Gasteiger partial charge on any atom is 0.411 e. The zero-order chi connectivity index (χ0) is 22.4. The zero-order valence-electron chi connectivity index (χ0n) is 17.3. The summed E-state index contributed by atoms with van der Waals surface area (Å²) in [6.07, 6.45) is 1.22.